The number of fused-ring (bicyclic) bond motifs is 1. The highest BCUT2D eigenvalue weighted by molar-refractivity contribution is 6.02. The lowest BCUT2D eigenvalue weighted by atomic mass is 9.99. The predicted molar refractivity (Wildman–Crippen MR) is 88.3 cm³/mol. The average Bonchev–Trinajstić information content (AvgIpc) is 2.87. The van der Waals surface area contributed by atoms with Gasteiger partial charge >= 0.3 is 0 Å². The predicted octanol–water partition coefficient (Wildman–Crippen LogP) is 1.37. The molecule has 0 radical (unpaired) electrons. The van der Waals surface area contributed by atoms with E-state index in [9.17, 15) is 18.8 Å². The molecule has 0 saturated carbocycles. The molecule has 2 aliphatic rings. The highest BCUT2D eigenvalue weighted by Crippen LogP contribution is 2.24. The van der Waals surface area contributed by atoms with E-state index in [0.717, 1.165) is 10.5 Å². The minimum Gasteiger partial charge on any atom is -0.324 e. The van der Waals surface area contributed by atoms with E-state index >= 15 is 0 Å². The van der Waals surface area contributed by atoms with Gasteiger partial charge in [0, 0.05) is 32.4 Å². The van der Waals surface area contributed by atoms with Crippen LogP contribution in [0.1, 0.15) is 30.4 Å². The lowest BCUT2D eigenvalue weighted by molar-refractivity contribution is -0.138. The normalized spacial score (nSPS) is 16.6. The first-order valence-corrected chi connectivity index (χ1v) is 7.70. The number of rotatable bonds is 4. The molecule has 0 aromatic heterocycles. The van der Waals surface area contributed by atoms with Gasteiger partial charge in [-0.25, -0.2) is 4.39 Å². The molecule has 8 heteroatoms. The van der Waals surface area contributed by atoms with Crippen LogP contribution >= 0.6 is 12.4 Å². The number of hydrogen-bond acceptors (Lipinski definition) is 4. The van der Waals surface area contributed by atoms with Crippen molar-refractivity contribution in [2.45, 2.75) is 32.2 Å². The van der Waals surface area contributed by atoms with Crippen LogP contribution in [0.25, 0.3) is 0 Å². The monoisotopic (exact) mass is 355 g/mol. The minimum atomic E-state index is -0.412. The Labute approximate surface area is 145 Å². The van der Waals surface area contributed by atoms with Crippen LogP contribution < -0.4 is 10.6 Å². The van der Waals surface area contributed by atoms with Crippen LogP contribution in [0.3, 0.4) is 0 Å². The highest BCUT2D eigenvalue weighted by Gasteiger charge is 2.29. The standard InChI is InChI=1S/C16H18FN3O3.ClH/c17-16-11-5-7-18-9-10(11)1-2-12(16)19-13(21)6-8-20-14(22)3-4-15(20)23;/h1-2,18H,3-9H2,(H,19,21);1H. The largest absolute Gasteiger partial charge is 0.324 e. The number of benzene rings is 1. The molecule has 2 heterocycles. The lowest BCUT2D eigenvalue weighted by Crippen LogP contribution is -2.32. The number of anilines is 1. The Morgan fingerprint density at radius 1 is 1.21 bits per heavy atom. The summed E-state index contributed by atoms with van der Waals surface area (Å²) >= 11 is 0. The van der Waals surface area contributed by atoms with Crippen molar-refractivity contribution in [1.82, 2.24) is 10.2 Å². The second-order valence-electron chi connectivity index (χ2n) is 5.73. The molecular formula is C16H19ClFN3O3. The van der Waals surface area contributed by atoms with Crippen molar-refractivity contribution in [1.29, 1.82) is 0 Å². The summed E-state index contributed by atoms with van der Waals surface area (Å²) < 4.78 is 14.4. The summed E-state index contributed by atoms with van der Waals surface area (Å²) in [5.41, 5.74) is 1.68. The molecular weight excluding hydrogens is 337 g/mol. The Kier molecular flexibility index (Phi) is 5.90. The summed E-state index contributed by atoms with van der Waals surface area (Å²) in [7, 11) is 0. The number of nitrogens with zero attached hydrogens (tertiary/aromatic N) is 1. The summed E-state index contributed by atoms with van der Waals surface area (Å²) in [6.45, 7) is 1.38. The average molecular weight is 356 g/mol. The van der Waals surface area contributed by atoms with Crippen LogP contribution in [0.2, 0.25) is 0 Å². The first-order valence-electron chi connectivity index (χ1n) is 7.70. The SMILES string of the molecule is Cl.O=C(CCN1C(=O)CCC1=O)Nc1ccc2c(c1F)CCNC2. The summed E-state index contributed by atoms with van der Waals surface area (Å²) in [4.78, 5) is 36.0. The second-order valence-corrected chi connectivity index (χ2v) is 5.73. The van der Waals surface area contributed by atoms with E-state index in [0.29, 0.717) is 25.1 Å². The van der Waals surface area contributed by atoms with Crippen LogP contribution in [-0.4, -0.2) is 35.7 Å². The lowest BCUT2D eigenvalue weighted by Gasteiger charge is -2.19. The molecule has 24 heavy (non-hydrogen) atoms. The van der Waals surface area contributed by atoms with E-state index in [2.05, 4.69) is 10.6 Å². The number of halogens is 2. The van der Waals surface area contributed by atoms with Crippen molar-refractivity contribution in [3.05, 3.63) is 29.1 Å². The zero-order valence-corrected chi connectivity index (χ0v) is 13.9. The van der Waals surface area contributed by atoms with Gasteiger partial charge in [0.15, 0.2) is 0 Å². The molecule has 3 rings (SSSR count). The maximum absolute atomic E-state index is 14.4. The summed E-state index contributed by atoms with van der Waals surface area (Å²) in [5, 5.41) is 5.70. The molecule has 2 aliphatic heterocycles. The van der Waals surface area contributed by atoms with Crippen molar-refractivity contribution in [2.24, 2.45) is 0 Å². The fourth-order valence-corrected chi connectivity index (χ4v) is 2.93. The molecule has 2 N–H and O–H groups in total. The smallest absolute Gasteiger partial charge is 0.229 e. The number of amides is 3. The molecule has 130 valence electrons. The van der Waals surface area contributed by atoms with Gasteiger partial charge < -0.3 is 10.6 Å². The van der Waals surface area contributed by atoms with Crippen molar-refractivity contribution < 1.29 is 18.8 Å². The third-order valence-corrected chi connectivity index (χ3v) is 4.20. The molecule has 1 saturated heterocycles. The van der Waals surface area contributed by atoms with Gasteiger partial charge in [-0.05, 0) is 30.2 Å². The van der Waals surface area contributed by atoms with Crippen LogP contribution in [-0.2, 0) is 27.3 Å². The first-order chi connectivity index (χ1) is 11.1. The molecule has 0 atom stereocenters. The Morgan fingerprint density at radius 2 is 1.92 bits per heavy atom. The third-order valence-electron chi connectivity index (χ3n) is 4.20. The van der Waals surface area contributed by atoms with Crippen molar-refractivity contribution >= 4 is 35.8 Å². The maximum Gasteiger partial charge on any atom is 0.229 e. The van der Waals surface area contributed by atoms with E-state index in [-0.39, 0.29) is 55.7 Å². The highest BCUT2D eigenvalue weighted by atomic mass is 35.5. The molecule has 0 aliphatic carbocycles. The fraction of sp³-hybridized carbons (Fsp3) is 0.438. The quantitative estimate of drug-likeness (QED) is 0.800. The Balaban J connectivity index is 0.00000208. The van der Waals surface area contributed by atoms with Gasteiger partial charge in [-0.15, -0.1) is 12.4 Å². The minimum absolute atomic E-state index is 0. The number of imide groups is 1. The van der Waals surface area contributed by atoms with Gasteiger partial charge in [-0.1, -0.05) is 6.07 Å². The number of hydrogen-bond donors (Lipinski definition) is 2. The zero-order chi connectivity index (χ0) is 16.4. The summed E-state index contributed by atoms with van der Waals surface area (Å²) in [5.74, 6) is -1.32. The fourth-order valence-electron chi connectivity index (χ4n) is 2.93. The van der Waals surface area contributed by atoms with Crippen molar-refractivity contribution in [2.75, 3.05) is 18.4 Å². The van der Waals surface area contributed by atoms with E-state index in [4.69, 9.17) is 0 Å². The van der Waals surface area contributed by atoms with Gasteiger partial charge in [0.1, 0.15) is 5.82 Å². The van der Waals surface area contributed by atoms with Crippen molar-refractivity contribution in [3.8, 4) is 0 Å². The van der Waals surface area contributed by atoms with Gasteiger partial charge in [0.05, 0.1) is 5.69 Å². The first kappa shape index (κ1) is 18.4. The van der Waals surface area contributed by atoms with E-state index < -0.39 is 11.7 Å². The van der Waals surface area contributed by atoms with Gasteiger partial charge in [-0.2, -0.15) is 0 Å². The molecule has 1 fully saturated rings. The molecule has 0 unspecified atom stereocenters. The molecule has 6 nitrogen and oxygen atoms in total. The summed E-state index contributed by atoms with van der Waals surface area (Å²) in [6.07, 6.45) is 0.957. The van der Waals surface area contributed by atoms with E-state index in [1.165, 1.54) is 0 Å². The maximum atomic E-state index is 14.4. The van der Waals surface area contributed by atoms with Crippen LogP contribution in [0.15, 0.2) is 12.1 Å². The van der Waals surface area contributed by atoms with E-state index in [1.807, 2.05) is 0 Å². The van der Waals surface area contributed by atoms with E-state index in [1.54, 1.807) is 12.1 Å². The Hall–Kier alpha value is -1.99. The van der Waals surface area contributed by atoms with Gasteiger partial charge in [0.25, 0.3) is 0 Å². The topological polar surface area (TPSA) is 78.5 Å². The van der Waals surface area contributed by atoms with Gasteiger partial charge in [-0.3, -0.25) is 19.3 Å². The molecule has 3 amide bonds. The molecule has 1 aromatic carbocycles. The molecule has 0 spiro atoms. The summed E-state index contributed by atoms with van der Waals surface area (Å²) in [6, 6.07) is 3.35. The number of nitrogens with one attached hydrogen (secondary N) is 2. The Bertz CT molecular complexity index is 665. The third kappa shape index (κ3) is 3.73. The number of likely N-dealkylation sites (tertiary alicyclic amines) is 1. The molecule has 0 bridgehead atoms. The van der Waals surface area contributed by atoms with Gasteiger partial charge in [0.2, 0.25) is 17.7 Å². The number of carbonyl (C=O) groups is 3. The second kappa shape index (κ2) is 7.72. The van der Waals surface area contributed by atoms with Crippen LogP contribution in [0, 0.1) is 5.82 Å². The zero-order valence-electron chi connectivity index (χ0n) is 13.1. The van der Waals surface area contributed by atoms with Crippen molar-refractivity contribution in [3.63, 3.8) is 0 Å². The molecule has 1 aromatic rings. The Morgan fingerprint density at radius 3 is 2.62 bits per heavy atom. The van der Waals surface area contributed by atoms with Crippen LogP contribution in [0.5, 0.6) is 0 Å². The van der Waals surface area contributed by atoms with Crippen LogP contribution in [0.4, 0.5) is 10.1 Å². The number of carbonyl (C=O) groups excluding carboxylic acids is 3.